The number of amides is 2. The van der Waals surface area contributed by atoms with Crippen LogP contribution in [0.25, 0.3) is 5.57 Å². The zero-order valence-electron chi connectivity index (χ0n) is 24.0. The maximum absolute atomic E-state index is 14.3. The third-order valence-electron chi connectivity index (χ3n) is 7.04. The van der Waals surface area contributed by atoms with E-state index in [9.17, 15) is 9.59 Å². The second kappa shape index (κ2) is 12.7. The molecular weight excluding hydrogens is 543 g/mol. The molecule has 2 aliphatic rings. The molecule has 0 unspecified atom stereocenters. The van der Waals surface area contributed by atoms with Crippen LogP contribution in [0.5, 0.6) is 0 Å². The molecule has 0 atom stereocenters. The molecule has 40 heavy (non-hydrogen) atoms. The minimum absolute atomic E-state index is 0.0589. The number of carbonyl (C=O) groups excluding carboxylic acids is 2. The topological polar surface area (TPSA) is 49.9 Å². The second-order valence-corrected chi connectivity index (χ2v) is 12.4. The van der Waals surface area contributed by atoms with Crippen molar-refractivity contribution in [1.29, 1.82) is 0 Å². The fourth-order valence-corrected chi connectivity index (χ4v) is 5.56. The Labute approximate surface area is 248 Å². The highest BCUT2D eigenvalue weighted by molar-refractivity contribution is 6.34. The molecule has 2 amide bonds. The number of ether oxygens (including phenoxy) is 1. The summed E-state index contributed by atoms with van der Waals surface area (Å²) >= 11 is 12.5. The van der Waals surface area contributed by atoms with Crippen LogP contribution in [-0.2, 0) is 16.1 Å². The van der Waals surface area contributed by atoms with E-state index >= 15 is 0 Å². The number of hydrogen-bond donors (Lipinski definition) is 0. The van der Waals surface area contributed by atoms with Crippen molar-refractivity contribution in [3.63, 3.8) is 0 Å². The molecule has 0 saturated heterocycles. The Balaban J connectivity index is 1.72. The third kappa shape index (κ3) is 7.80. The standard InChI is InChI=1S/C33H38Cl2N2O3/c1-6-24(25-10-8-7-9-11-25)16-22(2)29-14-15-36(32(39)40-33(3,4)5)21-30(29)31(38)37(28-12-13-28)20-23-17-26(34)19-27(35)18-23/h6-11,16-19,28H,12-15,20-21H2,1-5H3/b22-16+,24-6+. The van der Waals surface area contributed by atoms with E-state index in [1.54, 1.807) is 11.0 Å². The van der Waals surface area contributed by atoms with Crippen LogP contribution in [0.4, 0.5) is 4.79 Å². The van der Waals surface area contributed by atoms with Gasteiger partial charge in [-0.05, 0) is 99.9 Å². The van der Waals surface area contributed by atoms with Crippen LogP contribution < -0.4 is 0 Å². The molecule has 212 valence electrons. The van der Waals surface area contributed by atoms with E-state index in [-0.39, 0.29) is 18.5 Å². The highest BCUT2D eigenvalue weighted by Gasteiger charge is 2.37. The molecular formula is C33H38Cl2N2O3. The van der Waals surface area contributed by atoms with Crippen LogP contribution in [0.1, 0.15) is 65.0 Å². The lowest BCUT2D eigenvalue weighted by Gasteiger charge is -2.34. The molecule has 0 aromatic heterocycles. The number of halogens is 2. The van der Waals surface area contributed by atoms with Gasteiger partial charge in [0, 0.05) is 34.7 Å². The summed E-state index contributed by atoms with van der Waals surface area (Å²) in [4.78, 5) is 30.9. The normalized spacial score (nSPS) is 16.7. The molecule has 0 bridgehead atoms. The lowest BCUT2D eigenvalue weighted by molar-refractivity contribution is -0.128. The predicted molar refractivity (Wildman–Crippen MR) is 163 cm³/mol. The number of rotatable bonds is 7. The first-order valence-corrected chi connectivity index (χ1v) is 14.6. The Morgan fingerprint density at radius 2 is 1.70 bits per heavy atom. The summed E-state index contributed by atoms with van der Waals surface area (Å²) in [6, 6.07) is 15.7. The number of benzene rings is 2. The summed E-state index contributed by atoms with van der Waals surface area (Å²) < 4.78 is 5.67. The van der Waals surface area contributed by atoms with Crippen LogP contribution in [0, 0.1) is 0 Å². The van der Waals surface area contributed by atoms with Crippen molar-refractivity contribution in [3.8, 4) is 0 Å². The first kappa shape index (κ1) is 30.0. The zero-order chi connectivity index (χ0) is 29.0. The van der Waals surface area contributed by atoms with E-state index < -0.39 is 11.7 Å². The largest absolute Gasteiger partial charge is 0.444 e. The maximum atomic E-state index is 14.3. The van der Waals surface area contributed by atoms with Gasteiger partial charge >= 0.3 is 6.09 Å². The van der Waals surface area contributed by atoms with Crippen LogP contribution >= 0.6 is 23.2 Å². The van der Waals surface area contributed by atoms with Crippen molar-refractivity contribution >= 4 is 40.8 Å². The maximum Gasteiger partial charge on any atom is 0.410 e. The molecule has 2 aromatic rings. The third-order valence-corrected chi connectivity index (χ3v) is 7.48. The molecule has 0 spiro atoms. The monoisotopic (exact) mass is 580 g/mol. The molecule has 1 aliphatic carbocycles. The Bertz CT molecular complexity index is 1330. The van der Waals surface area contributed by atoms with Gasteiger partial charge in [0.15, 0.2) is 0 Å². The molecule has 4 rings (SSSR count). The molecule has 5 nitrogen and oxygen atoms in total. The van der Waals surface area contributed by atoms with Gasteiger partial charge in [-0.25, -0.2) is 4.79 Å². The second-order valence-electron chi connectivity index (χ2n) is 11.5. The van der Waals surface area contributed by atoms with Crippen molar-refractivity contribution in [3.05, 3.63) is 98.6 Å². The van der Waals surface area contributed by atoms with Gasteiger partial charge in [-0.15, -0.1) is 0 Å². The van der Waals surface area contributed by atoms with Gasteiger partial charge in [0.05, 0.1) is 6.54 Å². The van der Waals surface area contributed by atoms with Crippen LogP contribution in [-0.4, -0.2) is 46.5 Å². The predicted octanol–water partition coefficient (Wildman–Crippen LogP) is 8.47. The Kier molecular flexibility index (Phi) is 9.48. The Morgan fingerprint density at radius 1 is 1.05 bits per heavy atom. The SMILES string of the molecule is C/C=C(\C=C(/C)C1=C(C(=O)N(Cc2cc(Cl)cc(Cl)c2)C2CC2)CN(C(=O)OC(C)(C)C)CC1)c1ccccc1. The average molecular weight is 582 g/mol. The lowest BCUT2D eigenvalue weighted by atomic mass is 9.91. The highest BCUT2D eigenvalue weighted by atomic mass is 35.5. The fourth-order valence-electron chi connectivity index (χ4n) is 4.99. The van der Waals surface area contributed by atoms with Gasteiger partial charge in [-0.1, -0.05) is 65.7 Å². The van der Waals surface area contributed by atoms with Crippen molar-refractivity contribution in [1.82, 2.24) is 9.80 Å². The van der Waals surface area contributed by atoms with E-state index in [1.807, 2.05) is 62.9 Å². The summed E-state index contributed by atoms with van der Waals surface area (Å²) in [5.74, 6) is -0.0589. The van der Waals surface area contributed by atoms with Gasteiger partial charge in [0.1, 0.15) is 5.60 Å². The van der Waals surface area contributed by atoms with E-state index in [2.05, 4.69) is 31.2 Å². The number of carbonyl (C=O) groups is 2. The summed E-state index contributed by atoms with van der Waals surface area (Å²) in [6.45, 7) is 10.7. The summed E-state index contributed by atoms with van der Waals surface area (Å²) in [6.07, 6.45) is 6.27. The number of nitrogens with zero attached hydrogens (tertiary/aromatic N) is 2. The first-order valence-electron chi connectivity index (χ1n) is 13.8. The minimum Gasteiger partial charge on any atom is -0.444 e. The quantitative estimate of drug-likeness (QED) is 0.308. The minimum atomic E-state index is -0.622. The fraction of sp³-hybridized carbons (Fsp3) is 0.394. The van der Waals surface area contributed by atoms with E-state index in [4.69, 9.17) is 27.9 Å². The molecule has 1 fully saturated rings. The van der Waals surface area contributed by atoms with Crippen LogP contribution in [0.15, 0.2) is 77.4 Å². The lowest BCUT2D eigenvalue weighted by Crippen LogP contribution is -2.45. The molecule has 1 heterocycles. The molecule has 0 radical (unpaired) electrons. The van der Waals surface area contributed by atoms with E-state index in [1.165, 1.54) is 0 Å². The van der Waals surface area contributed by atoms with Gasteiger partial charge in [0.2, 0.25) is 0 Å². The van der Waals surface area contributed by atoms with Crippen molar-refractivity contribution < 1.29 is 14.3 Å². The van der Waals surface area contributed by atoms with E-state index in [0.29, 0.717) is 35.1 Å². The van der Waals surface area contributed by atoms with E-state index in [0.717, 1.165) is 40.7 Å². The van der Waals surface area contributed by atoms with Gasteiger partial charge in [-0.2, -0.15) is 0 Å². The zero-order valence-corrected chi connectivity index (χ0v) is 25.5. The summed E-state index contributed by atoms with van der Waals surface area (Å²) in [5.41, 5.74) is 5.09. The Hall–Kier alpha value is -3.02. The average Bonchev–Trinajstić information content (AvgIpc) is 3.74. The molecule has 7 heteroatoms. The smallest absolute Gasteiger partial charge is 0.410 e. The van der Waals surface area contributed by atoms with Gasteiger partial charge < -0.3 is 14.5 Å². The molecule has 1 aliphatic heterocycles. The van der Waals surface area contributed by atoms with Crippen molar-refractivity contribution in [2.75, 3.05) is 13.1 Å². The first-order chi connectivity index (χ1) is 18.9. The number of allylic oxidation sites excluding steroid dienone is 4. The summed E-state index contributed by atoms with van der Waals surface area (Å²) in [5, 5.41) is 1.08. The molecule has 0 N–H and O–H groups in total. The highest BCUT2D eigenvalue weighted by Crippen LogP contribution is 2.35. The van der Waals surface area contributed by atoms with Crippen LogP contribution in [0.3, 0.4) is 0 Å². The molecule has 1 saturated carbocycles. The summed E-state index contributed by atoms with van der Waals surface area (Å²) in [7, 11) is 0. The van der Waals surface area contributed by atoms with Gasteiger partial charge in [0.25, 0.3) is 5.91 Å². The van der Waals surface area contributed by atoms with Gasteiger partial charge in [-0.3, -0.25) is 4.79 Å². The van der Waals surface area contributed by atoms with Crippen molar-refractivity contribution in [2.45, 2.75) is 72.1 Å². The molecule has 2 aromatic carbocycles. The Morgan fingerprint density at radius 3 is 2.27 bits per heavy atom. The van der Waals surface area contributed by atoms with Crippen LogP contribution in [0.2, 0.25) is 10.0 Å². The number of hydrogen-bond acceptors (Lipinski definition) is 3. The van der Waals surface area contributed by atoms with Crippen molar-refractivity contribution in [2.24, 2.45) is 0 Å².